The van der Waals surface area contributed by atoms with E-state index in [1.165, 1.54) is 24.3 Å². The van der Waals surface area contributed by atoms with Crippen LogP contribution in [0.4, 0.5) is 5.69 Å². The number of benzene rings is 2. The van der Waals surface area contributed by atoms with Crippen LogP contribution in [0.3, 0.4) is 0 Å². The molecular formula is C14H8ClNO6. The maximum atomic E-state index is 12.3. The summed E-state index contributed by atoms with van der Waals surface area (Å²) in [5.74, 6) is -3.03. The molecule has 0 aliphatic carbocycles. The van der Waals surface area contributed by atoms with Crippen LogP contribution in [-0.2, 0) is 0 Å². The molecule has 0 radical (unpaired) electrons. The Hall–Kier alpha value is -2.93. The van der Waals surface area contributed by atoms with E-state index in [-0.39, 0.29) is 5.56 Å². The van der Waals surface area contributed by atoms with Crippen molar-refractivity contribution < 1.29 is 24.7 Å². The Kier molecular flexibility index (Phi) is 4.09. The van der Waals surface area contributed by atoms with Crippen molar-refractivity contribution in [2.24, 2.45) is 0 Å². The number of rotatable bonds is 4. The Morgan fingerprint density at radius 2 is 1.68 bits per heavy atom. The summed E-state index contributed by atoms with van der Waals surface area (Å²) in [5, 5.41) is 30.1. The second-order valence-corrected chi connectivity index (χ2v) is 4.72. The van der Waals surface area contributed by atoms with E-state index >= 15 is 0 Å². The molecule has 0 aliphatic rings. The Morgan fingerprint density at radius 3 is 2.18 bits per heavy atom. The molecule has 0 saturated heterocycles. The number of aromatic hydroxyl groups is 1. The molecule has 0 unspecified atom stereocenters. The van der Waals surface area contributed by atoms with E-state index in [4.69, 9.17) is 16.7 Å². The molecule has 0 fully saturated rings. The molecule has 0 spiro atoms. The van der Waals surface area contributed by atoms with Gasteiger partial charge in [-0.1, -0.05) is 11.6 Å². The van der Waals surface area contributed by atoms with Crippen LogP contribution in [0, 0.1) is 10.1 Å². The number of carbonyl (C=O) groups is 2. The molecule has 0 amide bonds. The van der Waals surface area contributed by atoms with Crippen LogP contribution < -0.4 is 0 Å². The molecule has 22 heavy (non-hydrogen) atoms. The van der Waals surface area contributed by atoms with Gasteiger partial charge in [-0.25, -0.2) is 4.79 Å². The van der Waals surface area contributed by atoms with E-state index in [1.54, 1.807) is 0 Å². The number of hydrogen-bond donors (Lipinski definition) is 2. The second-order valence-electron chi connectivity index (χ2n) is 4.29. The minimum absolute atomic E-state index is 0.0749. The fourth-order valence-electron chi connectivity index (χ4n) is 1.86. The summed E-state index contributed by atoms with van der Waals surface area (Å²) in [6, 6.07) is 7.05. The van der Waals surface area contributed by atoms with E-state index in [9.17, 15) is 24.8 Å². The van der Waals surface area contributed by atoms with E-state index in [1.807, 2.05) is 0 Å². The first kappa shape index (κ1) is 15.5. The Bertz CT molecular complexity index is 785. The topological polar surface area (TPSA) is 118 Å². The Labute approximate surface area is 128 Å². The second kappa shape index (κ2) is 5.82. The average Bonchev–Trinajstić information content (AvgIpc) is 2.46. The van der Waals surface area contributed by atoms with Gasteiger partial charge in [-0.3, -0.25) is 14.9 Å². The standard InChI is InChI=1S/C14H8ClNO6/c15-9-3-1-7(2-4-9)13(18)12-10(16(21)22)5-8(14(19)20)6-11(12)17/h1-6,17H,(H,19,20). The lowest BCUT2D eigenvalue weighted by molar-refractivity contribution is -0.385. The zero-order chi connectivity index (χ0) is 16.4. The van der Waals surface area contributed by atoms with Crippen LogP contribution in [0.15, 0.2) is 36.4 Å². The molecule has 0 saturated carbocycles. The van der Waals surface area contributed by atoms with Gasteiger partial charge in [0, 0.05) is 16.7 Å². The summed E-state index contributed by atoms with van der Waals surface area (Å²) in [6.45, 7) is 0. The molecule has 2 N–H and O–H groups in total. The van der Waals surface area contributed by atoms with Crippen LogP contribution in [0.25, 0.3) is 0 Å². The van der Waals surface area contributed by atoms with Gasteiger partial charge in [-0.15, -0.1) is 0 Å². The van der Waals surface area contributed by atoms with Gasteiger partial charge in [0.1, 0.15) is 11.3 Å². The van der Waals surface area contributed by atoms with E-state index in [2.05, 4.69) is 0 Å². The largest absolute Gasteiger partial charge is 0.507 e. The zero-order valence-corrected chi connectivity index (χ0v) is 11.6. The number of nitrogens with zero attached hydrogens (tertiary/aromatic N) is 1. The van der Waals surface area contributed by atoms with Gasteiger partial charge >= 0.3 is 5.97 Å². The third-order valence-corrected chi connectivity index (χ3v) is 3.13. The number of aromatic carboxylic acids is 1. The van der Waals surface area contributed by atoms with Crippen LogP contribution in [-0.4, -0.2) is 26.9 Å². The molecular weight excluding hydrogens is 314 g/mol. The summed E-state index contributed by atoms with van der Waals surface area (Å²) < 4.78 is 0. The minimum Gasteiger partial charge on any atom is -0.507 e. The van der Waals surface area contributed by atoms with Crippen molar-refractivity contribution >= 4 is 29.0 Å². The fourth-order valence-corrected chi connectivity index (χ4v) is 1.98. The van der Waals surface area contributed by atoms with Crippen LogP contribution in [0.2, 0.25) is 5.02 Å². The van der Waals surface area contributed by atoms with Crippen molar-refractivity contribution in [1.29, 1.82) is 0 Å². The van der Waals surface area contributed by atoms with Gasteiger partial charge in [0.05, 0.1) is 10.5 Å². The number of nitro benzene ring substituents is 1. The number of carbonyl (C=O) groups excluding carboxylic acids is 1. The van der Waals surface area contributed by atoms with Crippen molar-refractivity contribution in [3.63, 3.8) is 0 Å². The number of phenols is 1. The number of carboxylic acids is 1. The SMILES string of the molecule is O=C(O)c1cc(O)c(C(=O)c2ccc(Cl)cc2)c([N+](=O)[O-])c1. The van der Waals surface area contributed by atoms with Gasteiger partial charge in [-0.05, 0) is 30.3 Å². The number of ketones is 1. The summed E-state index contributed by atoms with van der Waals surface area (Å²) in [4.78, 5) is 33.4. The predicted octanol–water partition coefficient (Wildman–Crippen LogP) is 2.88. The van der Waals surface area contributed by atoms with Gasteiger partial charge in [0.2, 0.25) is 5.78 Å². The first-order chi connectivity index (χ1) is 10.3. The van der Waals surface area contributed by atoms with Crippen molar-refractivity contribution in [1.82, 2.24) is 0 Å². The molecule has 0 atom stereocenters. The van der Waals surface area contributed by atoms with Crippen LogP contribution in [0.1, 0.15) is 26.3 Å². The molecule has 8 heteroatoms. The minimum atomic E-state index is -1.45. The summed E-state index contributed by atoms with van der Waals surface area (Å²) in [6.07, 6.45) is 0. The zero-order valence-electron chi connectivity index (χ0n) is 10.8. The highest BCUT2D eigenvalue weighted by molar-refractivity contribution is 6.30. The van der Waals surface area contributed by atoms with Gasteiger partial charge in [0.25, 0.3) is 5.69 Å². The van der Waals surface area contributed by atoms with Crippen LogP contribution >= 0.6 is 11.6 Å². The molecule has 2 aromatic carbocycles. The van der Waals surface area contributed by atoms with Crippen molar-refractivity contribution in [3.8, 4) is 5.75 Å². The van der Waals surface area contributed by atoms with Crippen molar-refractivity contribution in [2.45, 2.75) is 0 Å². The maximum absolute atomic E-state index is 12.3. The molecule has 2 aromatic rings. The summed E-state index contributed by atoms with van der Waals surface area (Å²) in [5.41, 5.74) is -1.77. The number of hydrogen-bond acceptors (Lipinski definition) is 5. The average molecular weight is 322 g/mol. The monoisotopic (exact) mass is 321 g/mol. The van der Waals surface area contributed by atoms with Gasteiger partial charge in [0.15, 0.2) is 0 Å². The normalized spacial score (nSPS) is 10.2. The van der Waals surface area contributed by atoms with E-state index in [0.29, 0.717) is 5.02 Å². The predicted molar refractivity (Wildman–Crippen MR) is 76.6 cm³/mol. The van der Waals surface area contributed by atoms with E-state index < -0.39 is 39.2 Å². The lowest BCUT2D eigenvalue weighted by Gasteiger charge is -2.07. The molecule has 2 rings (SSSR count). The highest BCUT2D eigenvalue weighted by Gasteiger charge is 2.27. The number of phenolic OH excluding ortho intramolecular Hbond substituents is 1. The highest BCUT2D eigenvalue weighted by atomic mass is 35.5. The number of nitro groups is 1. The first-order valence-corrected chi connectivity index (χ1v) is 6.24. The number of carboxylic acid groups (broad SMARTS) is 1. The maximum Gasteiger partial charge on any atom is 0.336 e. The molecule has 0 bridgehead atoms. The molecule has 0 aromatic heterocycles. The molecule has 7 nitrogen and oxygen atoms in total. The van der Waals surface area contributed by atoms with Crippen molar-refractivity contribution in [2.75, 3.05) is 0 Å². The van der Waals surface area contributed by atoms with E-state index in [0.717, 1.165) is 12.1 Å². The first-order valence-electron chi connectivity index (χ1n) is 5.86. The lowest BCUT2D eigenvalue weighted by atomic mass is 9.99. The van der Waals surface area contributed by atoms with Crippen molar-refractivity contribution in [3.05, 3.63) is 68.2 Å². The summed E-state index contributed by atoms with van der Waals surface area (Å²) in [7, 11) is 0. The molecule has 112 valence electrons. The van der Waals surface area contributed by atoms with Gasteiger partial charge in [-0.2, -0.15) is 0 Å². The van der Waals surface area contributed by atoms with Gasteiger partial charge < -0.3 is 10.2 Å². The number of halogens is 1. The quantitative estimate of drug-likeness (QED) is 0.508. The summed E-state index contributed by atoms with van der Waals surface area (Å²) >= 11 is 5.70. The Balaban J connectivity index is 2.63. The van der Waals surface area contributed by atoms with Crippen LogP contribution in [0.5, 0.6) is 5.75 Å². The molecule has 0 heterocycles. The molecule has 0 aliphatic heterocycles. The highest BCUT2D eigenvalue weighted by Crippen LogP contribution is 2.32. The Morgan fingerprint density at radius 1 is 1.09 bits per heavy atom. The lowest BCUT2D eigenvalue weighted by Crippen LogP contribution is -2.08. The smallest absolute Gasteiger partial charge is 0.336 e. The third-order valence-electron chi connectivity index (χ3n) is 2.87. The fraction of sp³-hybridized carbons (Fsp3) is 0. The third kappa shape index (κ3) is 2.89.